The number of sulfonamides is 1. The van der Waals surface area contributed by atoms with Crippen LogP contribution < -0.4 is 14.4 Å². The second-order valence-corrected chi connectivity index (χ2v) is 11.5. The normalized spacial score (nSPS) is 11.9. The lowest BCUT2D eigenvalue weighted by Crippen LogP contribution is -2.53. The Kier molecular flexibility index (Phi) is 11.6. The second kappa shape index (κ2) is 15.1. The summed E-state index contributed by atoms with van der Waals surface area (Å²) in [5, 5.41) is 2.88. The summed E-state index contributed by atoms with van der Waals surface area (Å²) in [6.07, 6.45) is 2.78. The molecular formula is C31H39N3O5S. The summed E-state index contributed by atoms with van der Waals surface area (Å²) >= 11 is 0. The minimum atomic E-state index is -3.80. The largest absolute Gasteiger partial charge is 0.489 e. The van der Waals surface area contributed by atoms with Crippen LogP contribution in [0.2, 0.25) is 0 Å². The third-order valence-electron chi connectivity index (χ3n) is 6.47. The van der Waals surface area contributed by atoms with Crippen LogP contribution in [0.25, 0.3) is 0 Å². The Morgan fingerprint density at radius 2 is 1.48 bits per heavy atom. The highest BCUT2D eigenvalue weighted by Gasteiger charge is 2.31. The van der Waals surface area contributed by atoms with Gasteiger partial charge in [-0.25, -0.2) is 8.42 Å². The van der Waals surface area contributed by atoms with E-state index < -0.39 is 28.5 Å². The molecule has 3 rings (SSSR count). The Hall–Kier alpha value is -3.85. The molecule has 0 bridgehead atoms. The summed E-state index contributed by atoms with van der Waals surface area (Å²) in [6.45, 7) is 4.55. The maximum Gasteiger partial charge on any atom is 0.244 e. The smallest absolute Gasteiger partial charge is 0.244 e. The van der Waals surface area contributed by atoms with Crippen molar-refractivity contribution in [3.63, 3.8) is 0 Å². The summed E-state index contributed by atoms with van der Waals surface area (Å²) in [6, 6.07) is 25.3. The average molecular weight is 566 g/mol. The molecule has 2 amide bonds. The Balaban J connectivity index is 1.80. The van der Waals surface area contributed by atoms with Crippen LogP contribution in [0.1, 0.15) is 37.8 Å². The van der Waals surface area contributed by atoms with Crippen molar-refractivity contribution in [1.29, 1.82) is 0 Å². The molecule has 0 aliphatic heterocycles. The first kappa shape index (κ1) is 30.7. The quantitative estimate of drug-likeness (QED) is 0.295. The molecule has 0 aliphatic rings. The number of carbonyl (C=O) groups is 2. The van der Waals surface area contributed by atoms with E-state index in [0.29, 0.717) is 37.4 Å². The molecule has 0 aliphatic carbocycles. The van der Waals surface area contributed by atoms with Gasteiger partial charge < -0.3 is 15.0 Å². The van der Waals surface area contributed by atoms with Gasteiger partial charge in [-0.15, -0.1) is 0 Å². The van der Waals surface area contributed by atoms with Gasteiger partial charge in [0, 0.05) is 13.1 Å². The van der Waals surface area contributed by atoms with Crippen molar-refractivity contribution in [3.8, 4) is 5.75 Å². The standard InChI is InChI=1S/C31H39N3O5S/c1-4-21-32-31(36)29(5-2)33(22-20-25-12-8-6-9-13-25)30(35)23-34(40(3,37)38)27-16-18-28(19-17-27)39-24-26-14-10-7-11-15-26/h6-19,29H,4-5,20-24H2,1-3H3,(H,32,36)/t29-/m0/s1. The molecule has 0 aromatic heterocycles. The summed E-state index contributed by atoms with van der Waals surface area (Å²) in [4.78, 5) is 28.2. The Morgan fingerprint density at radius 1 is 0.875 bits per heavy atom. The molecule has 0 saturated carbocycles. The monoisotopic (exact) mass is 565 g/mol. The zero-order valence-electron chi connectivity index (χ0n) is 23.5. The molecule has 0 heterocycles. The molecule has 3 aromatic carbocycles. The van der Waals surface area contributed by atoms with Gasteiger partial charge in [0.05, 0.1) is 11.9 Å². The SMILES string of the molecule is CCCNC(=O)[C@H](CC)N(CCc1ccccc1)C(=O)CN(c1ccc(OCc2ccccc2)cc1)S(C)(=O)=O. The Bertz CT molecular complexity index is 1320. The Morgan fingerprint density at radius 3 is 2.02 bits per heavy atom. The molecule has 1 atom stereocenters. The molecule has 9 heteroatoms. The number of amides is 2. The highest BCUT2D eigenvalue weighted by atomic mass is 32.2. The predicted octanol–water partition coefficient (Wildman–Crippen LogP) is 4.41. The molecule has 0 spiro atoms. The number of carbonyl (C=O) groups excluding carboxylic acids is 2. The molecule has 0 radical (unpaired) electrons. The van der Waals surface area contributed by atoms with Gasteiger partial charge in [0.1, 0.15) is 24.9 Å². The number of hydrogen-bond acceptors (Lipinski definition) is 5. The van der Waals surface area contributed by atoms with E-state index in [0.717, 1.165) is 28.1 Å². The molecule has 40 heavy (non-hydrogen) atoms. The van der Waals surface area contributed by atoms with Crippen molar-refractivity contribution in [1.82, 2.24) is 10.2 Å². The van der Waals surface area contributed by atoms with Gasteiger partial charge in [0.25, 0.3) is 0 Å². The molecular weight excluding hydrogens is 526 g/mol. The van der Waals surface area contributed by atoms with E-state index in [1.54, 1.807) is 24.3 Å². The summed E-state index contributed by atoms with van der Waals surface area (Å²) < 4.78 is 32.5. The fourth-order valence-electron chi connectivity index (χ4n) is 4.33. The van der Waals surface area contributed by atoms with E-state index in [9.17, 15) is 18.0 Å². The summed E-state index contributed by atoms with van der Waals surface area (Å²) in [5.74, 6) is -0.101. The van der Waals surface area contributed by atoms with Crippen molar-refractivity contribution in [2.75, 3.05) is 30.2 Å². The van der Waals surface area contributed by atoms with E-state index in [1.165, 1.54) is 4.90 Å². The van der Waals surface area contributed by atoms with Crippen molar-refractivity contribution in [2.45, 2.75) is 45.8 Å². The summed E-state index contributed by atoms with van der Waals surface area (Å²) in [5.41, 5.74) is 2.38. The van der Waals surface area contributed by atoms with E-state index in [4.69, 9.17) is 4.74 Å². The molecule has 1 N–H and O–H groups in total. The maximum absolute atomic E-state index is 13.7. The first-order chi connectivity index (χ1) is 19.2. The van der Waals surface area contributed by atoms with Gasteiger partial charge in [0.15, 0.2) is 0 Å². The molecule has 3 aromatic rings. The second-order valence-electron chi connectivity index (χ2n) is 9.58. The van der Waals surface area contributed by atoms with Crippen LogP contribution in [0.3, 0.4) is 0 Å². The number of rotatable bonds is 15. The van der Waals surface area contributed by atoms with Gasteiger partial charge in [0.2, 0.25) is 21.8 Å². The molecule has 0 saturated heterocycles. The van der Waals surface area contributed by atoms with Crippen LogP contribution >= 0.6 is 0 Å². The van der Waals surface area contributed by atoms with Crippen LogP contribution in [0.4, 0.5) is 5.69 Å². The van der Waals surface area contributed by atoms with E-state index in [2.05, 4.69) is 5.32 Å². The van der Waals surface area contributed by atoms with Crippen LogP contribution in [-0.4, -0.2) is 57.1 Å². The lowest BCUT2D eigenvalue weighted by molar-refractivity contribution is -0.139. The van der Waals surface area contributed by atoms with Crippen molar-refractivity contribution in [3.05, 3.63) is 96.1 Å². The van der Waals surface area contributed by atoms with Gasteiger partial charge >= 0.3 is 0 Å². The number of benzene rings is 3. The van der Waals surface area contributed by atoms with Gasteiger partial charge in [-0.2, -0.15) is 0 Å². The first-order valence-corrected chi connectivity index (χ1v) is 15.4. The number of hydrogen-bond donors (Lipinski definition) is 1. The van der Waals surface area contributed by atoms with Crippen LogP contribution in [0, 0.1) is 0 Å². The Labute approximate surface area is 238 Å². The number of nitrogens with zero attached hydrogens (tertiary/aromatic N) is 2. The van der Waals surface area contributed by atoms with Gasteiger partial charge in [-0.3, -0.25) is 13.9 Å². The topological polar surface area (TPSA) is 96.0 Å². The molecule has 0 fully saturated rings. The van der Waals surface area contributed by atoms with Gasteiger partial charge in [-0.1, -0.05) is 74.5 Å². The lowest BCUT2D eigenvalue weighted by atomic mass is 10.1. The molecule has 214 valence electrons. The zero-order chi connectivity index (χ0) is 29.0. The van der Waals surface area contributed by atoms with Crippen LogP contribution in [-0.2, 0) is 32.6 Å². The third kappa shape index (κ3) is 9.12. The van der Waals surface area contributed by atoms with Gasteiger partial charge in [-0.05, 0) is 54.7 Å². The van der Waals surface area contributed by atoms with Crippen LogP contribution in [0.5, 0.6) is 5.75 Å². The first-order valence-electron chi connectivity index (χ1n) is 13.6. The number of anilines is 1. The fourth-order valence-corrected chi connectivity index (χ4v) is 5.17. The van der Waals surface area contributed by atoms with Crippen molar-refractivity contribution < 1.29 is 22.7 Å². The number of nitrogens with one attached hydrogen (secondary N) is 1. The highest BCUT2D eigenvalue weighted by Crippen LogP contribution is 2.23. The highest BCUT2D eigenvalue weighted by molar-refractivity contribution is 7.92. The minimum Gasteiger partial charge on any atom is -0.489 e. The lowest BCUT2D eigenvalue weighted by Gasteiger charge is -2.32. The molecule has 8 nitrogen and oxygen atoms in total. The van der Waals surface area contributed by atoms with Crippen molar-refractivity contribution >= 4 is 27.5 Å². The minimum absolute atomic E-state index is 0.239. The van der Waals surface area contributed by atoms with Crippen molar-refractivity contribution in [2.24, 2.45) is 0 Å². The fraction of sp³-hybridized carbons (Fsp3) is 0.355. The summed E-state index contributed by atoms with van der Waals surface area (Å²) in [7, 11) is -3.80. The zero-order valence-corrected chi connectivity index (χ0v) is 24.3. The average Bonchev–Trinajstić information content (AvgIpc) is 2.96. The van der Waals surface area contributed by atoms with E-state index >= 15 is 0 Å². The molecule has 0 unspecified atom stereocenters. The third-order valence-corrected chi connectivity index (χ3v) is 7.61. The predicted molar refractivity (Wildman–Crippen MR) is 159 cm³/mol. The maximum atomic E-state index is 13.7. The van der Waals surface area contributed by atoms with E-state index in [-0.39, 0.29) is 12.5 Å². The van der Waals surface area contributed by atoms with E-state index in [1.807, 2.05) is 74.5 Å². The van der Waals surface area contributed by atoms with Crippen LogP contribution in [0.15, 0.2) is 84.9 Å². The number of ether oxygens (including phenoxy) is 1.